The summed E-state index contributed by atoms with van der Waals surface area (Å²) in [6.45, 7) is 5.17. The summed E-state index contributed by atoms with van der Waals surface area (Å²) < 4.78 is 5.40. The summed E-state index contributed by atoms with van der Waals surface area (Å²) in [5.41, 5.74) is 5.23. The van der Waals surface area contributed by atoms with Gasteiger partial charge in [-0.25, -0.2) is 4.98 Å². The van der Waals surface area contributed by atoms with E-state index < -0.39 is 0 Å². The molecule has 2 aromatic heterocycles. The number of carbonyl (C=O) groups excluding carboxylic acids is 1. The minimum Gasteiger partial charge on any atom is -0.379 e. The van der Waals surface area contributed by atoms with Crippen LogP contribution in [0.1, 0.15) is 28.2 Å². The van der Waals surface area contributed by atoms with Crippen molar-refractivity contribution in [2.45, 2.75) is 12.5 Å². The Morgan fingerprint density at radius 1 is 1.12 bits per heavy atom. The number of anilines is 2. The van der Waals surface area contributed by atoms with Crippen molar-refractivity contribution in [3.63, 3.8) is 0 Å². The van der Waals surface area contributed by atoms with Crippen molar-refractivity contribution in [3.05, 3.63) is 89.4 Å². The first-order chi connectivity index (χ1) is 16.3. The van der Waals surface area contributed by atoms with Crippen LogP contribution in [0.3, 0.4) is 0 Å². The molecular weight excluding hydrogens is 414 g/mol. The topological polar surface area (TPSA) is 79.4 Å². The molecule has 1 amide bonds. The van der Waals surface area contributed by atoms with Gasteiger partial charge in [-0.15, -0.1) is 0 Å². The number of morpholine rings is 1. The molecule has 1 aromatic carbocycles. The smallest absolute Gasteiger partial charge is 0.248 e. The Balaban J connectivity index is 1.23. The van der Waals surface area contributed by atoms with E-state index in [-0.39, 0.29) is 11.8 Å². The Labute approximate surface area is 193 Å². The summed E-state index contributed by atoms with van der Waals surface area (Å²) in [6.07, 6.45) is 8.78. The minimum atomic E-state index is -0.169. The van der Waals surface area contributed by atoms with Gasteiger partial charge in [-0.05, 0) is 47.0 Å². The van der Waals surface area contributed by atoms with E-state index in [9.17, 15) is 4.79 Å². The molecular formula is C26H27N5O2. The lowest BCUT2D eigenvalue weighted by molar-refractivity contribution is -0.111. The second kappa shape index (κ2) is 9.94. The number of hydrogen-bond donors (Lipinski definition) is 2. The number of nitrogens with zero attached hydrogens (tertiary/aromatic N) is 3. The van der Waals surface area contributed by atoms with E-state index in [1.165, 1.54) is 11.1 Å². The molecule has 2 aliphatic heterocycles. The largest absolute Gasteiger partial charge is 0.379 e. The number of rotatable bonds is 6. The quantitative estimate of drug-likeness (QED) is 0.570. The molecule has 1 unspecified atom stereocenters. The predicted molar refractivity (Wildman–Crippen MR) is 129 cm³/mol. The molecule has 0 saturated carbocycles. The normalized spacial score (nSPS) is 18.1. The highest BCUT2D eigenvalue weighted by Crippen LogP contribution is 2.36. The lowest BCUT2D eigenvalue weighted by atomic mass is 9.91. The van der Waals surface area contributed by atoms with Gasteiger partial charge in [0, 0.05) is 68.0 Å². The number of ether oxygens (including phenoxy) is 1. The lowest BCUT2D eigenvalue weighted by Gasteiger charge is -2.26. The van der Waals surface area contributed by atoms with Crippen molar-refractivity contribution in [3.8, 4) is 0 Å². The number of aromatic nitrogens is 2. The molecule has 1 atom stereocenters. The highest BCUT2D eigenvalue weighted by Gasteiger charge is 2.25. The van der Waals surface area contributed by atoms with Gasteiger partial charge in [-0.1, -0.05) is 18.2 Å². The molecule has 0 radical (unpaired) electrons. The molecule has 4 heterocycles. The third-order valence-corrected chi connectivity index (χ3v) is 6.10. The van der Waals surface area contributed by atoms with E-state index in [4.69, 9.17) is 4.74 Å². The number of nitrogens with one attached hydrogen (secondary N) is 2. The zero-order chi connectivity index (χ0) is 22.5. The molecule has 3 aromatic rings. The fourth-order valence-corrected chi connectivity index (χ4v) is 4.37. The summed E-state index contributed by atoms with van der Waals surface area (Å²) in [4.78, 5) is 23.6. The van der Waals surface area contributed by atoms with E-state index in [1.807, 2.05) is 30.3 Å². The van der Waals surface area contributed by atoms with Crippen LogP contribution < -0.4 is 10.6 Å². The average Bonchev–Trinajstić information content (AvgIpc) is 3.29. The van der Waals surface area contributed by atoms with Crippen LogP contribution in [0.5, 0.6) is 0 Å². The second-order valence-corrected chi connectivity index (χ2v) is 8.29. The van der Waals surface area contributed by atoms with E-state index in [0.717, 1.165) is 62.0 Å². The summed E-state index contributed by atoms with van der Waals surface area (Å²) in [5.74, 6) is 0.930. The Morgan fingerprint density at radius 2 is 1.97 bits per heavy atom. The van der Waals surface area contributed by atoms with Gasteiger partial charge in [0.15, 0.2) is 0 Å². The molecule has 1 saturated heterocycles. The summed E-state index contributed by atoms with van der Waals surface area (Å²) in [5, 5.41) is 6.31. The van der Waals surface area contributed by atoms with Crippen molar-refractivity contribution < 1.29 is 9.53 Å². The van der Waals surface area contributed by atoms with Crippen LogP contribution in [0, 0.1) is 0 Å². The molecule has 7 nitrogen and oxygen atoms in total. The maximum absolute atomic E-state index is 12.6. The van der Waals surface area contributed by atoms with Crippen LogP contribution in [-0.4, -0.2) is 53.6 Å². The molecule has 5 rings (SSSR count). The number of amides is 1. The van der Waals surface area contributed by atoms with Crippen molar-refractivity contribution in [1.82, 2.24) is 14.9 Å². The van der Waals surface area contributed by atoms with E-state index in [1.54, 1.807) is 24.7 Å². The Bertz CT molecular complexity index is 1140. The molecule has 33 heavy (non-hydrogen) atoms. The molecule has 0 spiro atoms. The number of benzene rings is 1. The van der Waals surface area contributed by atoms with Gasteiger partial charge in [-0.3, -0.25) is 14.7 Å². The highest BCUT2D eigenvalue weighted by molar-refractivity contribution is 6.02. The van der Waals surface area contributed by atoms with E-state index in [0.29, 0.717) is 0 Å². The first kappa shape index (κ1) is 21.3. The Hall–Kier alpha value is -3.55. The fourth-order valence-electron chi connectivity index (χ4n) is 4.37. The van der Waals surface area contributed by atoms with Gasteiger partial charge in [0.05, 0.1) is 13.2 Å². The first-order valence-electron chi connectivity index (χ1n) is 11.3. The molecule has 0 bridgehead atoms. The van der Waals surface area contributed by atoms with Crippen molar-refractivity contribution in [1.29, 1.82) is 0 Å². The molecule has 0 aliphatic carbocycles. The van der Waals surface area contributed by atoms with E-state index in [2.05, 4.69) is 43.7 Å². The lowest BCUT2D eigenvalue weighted by Crippen LogP contribution is -2.35. The maximum atomic E-state index is 12.6. The SMILES string of the molecule is O=C(/C=C/c1cnccc1C1CNc2ncccc21)Nc1ccc(CN2CCOCC2)cc1. The van der Waals surface area contributed by atoms with Gasteiger partial charge in [0.2, 0.25) is 5.91 Å². The number of fused-ring (bicyclic) bond motifs is 1. The monoisotopic (exact) mass is 441 g/mol. The molecule has 168 valence electrons. The van der Waals surface area contributed by atoms with Crippen LogP contribution in [0.2, 0.25) is 0 Å². The zero-order valence-electron chi connectivity index (χ0n) is 18.4. The van der Waals surface area contributed by atoms with Crippen LogP contribution in [0.25, 0.3) is 6.08 Å². The van der Waals surface area contributed by atoms with Crippen LogP contribution in [0.4, 0.5) is 11.5 Å². The van der Waals surface area contributed by atoms with Crippen LogP contribution >= 0.6 is 0 Å². The van der Waals surface area contributed by atoms with Crippen LogP contribution in [-0.2, 0) is 16.1 Å². The van der Waals surface area contributed by atoms with Gasteiger partial charge in [-0.2, -0.15) is 0 Å². The first-order valence-corrected chi connectivity index (χ1v) is 11.3. The third kappa shape index (κ3) is 5.10. The Kier molecular flexibility index (Phi) is 6.41. The third-order valence-electron chi connectivity index (χ3n) is 6.10. The average molecular weight is 442 g/mol. The number of hydrogen-bond acceptors (Lipinski definition) is 6. The van der Waals surface area contributed by atoms with Gasteiger partial charge >= 0.3 is 0 Å². The highest BCUT2D eigenvalue weighted by atomic mass is 16.5. The number of carbonyl (C=O) groups is 1. The second-order valence-electron chi connectivity index (χ2n) is 8.29. The maximum Gasteiger partial charge on any atom is 0.248 e. The zero-order valence-corrected chi connectivity index (χ0v) is 18.4. The van der Waals surface area contributed by atoms with Crippen LogP contribution in [0.15, 0.2) is 67.1 Å². The van der Waals surface area contributed by atoms with Crippen molar-refractivity contribution in [2.75, 3.05) is 43.5 Å². The van der Waals surface area contributed by atoms with Crippen molar-refractivity contribution >= 4 is 23.5 Å². The van der Waals surface area contributed by atoms with Crippen molar-refractivity contribution in [2.24, 2.45) is 0 Å². The minimum absolute atomic E-state index is 0.169. The standard InChI is InChI=1S/C26H27N5O2/c32-25(30-21-6-3-19(4-7-21)18-31-12-14-33-15-13-31)8-5-20-16-27-11-9-22(20)24-17-29-26-23(24)2-1-10-28-26/h1-11,16,24H,12-15,17-18H2,(H,28,29)(H,30,32)/b8-5+. The molecule has 1 fully saturated rings. The fraction of sp³-hybridized carbons (Fsp3) is 0.269. The van der Waals surface area contributed by atoms with Gasteiger partial charge < -0.3 is 15.4 Å². The molecule has 2 aliphatic rings. The van der Waals surface area contributed by atoms with E-state index >= 15 is 0 Å². The summed E-state index contributed by atoms with van der Waals surface area (Å²) >= 11 is 0. The van der Waals surface area contributed by atoms with Gasteiger partial charge in [0.25, 0.3) is 0 Å². The predicted octanol–water partition coefficient (Wildman–Crippen LogP) is 3.52. The summed E-state index contributed by atoms with van der Waals surface area (Å²) in [6, 6.07) is 14.1. The molecule has 7 heteroatoms. The Morgan fingerprint density at radius 3 is 2.82 bits per heavy atom. The summed E-state index contributed by atoms with van der Waals surface area (Å²) in [7, 11) is 0. The number of pyridine rings is 2. The van der Waals surface area contributed by atoms with Gasteiger partial charge in [0.1, 0.15) is 5.82 Å². The molecule has 2 N–H and O–H groups in total.